The second-order valence-corrected chi connectivity index (χ2v) is 3.59. The Morgan fingerprint density at radius 2 is 2.21 bits per heavy atom. The summed E-state index contributed by atoms with van der Waals surface area (Å²) in [6.07, 6.45) is 2.46. The minimum Gasteiger partial charge on any atom is -0.508 e. The first kappa shape index (κ1) is 10.8. The lowest BCUT2D eigenvalue weighted by Crippen LogP contribution is -2.03. The summed E-state index contributed by atoms with van der Waals surface area (Å²) in [7, 11) is 0. The van der Waals surface area contributed by atoms with Crippen molar-refractivity contribution in [3.8, 4) is 5.75 Å². The number of hydrogen-bond acceptors (Lipinski definition) is 2. The van der Waals surface area contributed by atoms with Gasteiger partial charge in [-0.25, -0.2) is 0 Å². The van der Waals surface area contributed by atoms with Crippen molar-refractivity contribution in [2.45, 2.75) is 26.7 Å². The predicted molar refractivity (Wildman–Crippen MR) is 56.4 cm³/mol. The zero-order chi connectivity index (χ0) is 10.6. The zero-order valence-corrected chi connectivity index (χ0v) is 8.66. The molecular weight excluding hydrogens is 176 g/mol. The van der Waals surface area contributed by atoms with Gasteiger partial charge in [0, 0.05) is 5.92 Å². The summed E-state index contributed by atoms with van der Waals surface area (Å²) in [5, 5.41) is 9.59. The fraction of sp³-hybridized carbons (Fsp3) is 0.417. The van der Waals surface area contributed by atoms with Gasteiger partial charge in [-0.2, -0.15) is 0 Å². The predicted octanol–water partition coefficient (Wildman–Crippen LogP) is 2.33. The van der Waals surface area contributed by atoms with Gasteiger partial charge >= 0.3 is 0 Å². The Hall–Kier alpha value is -1.31. The molecule has 14 heavy (non-hydrogen) atoms. The van der Waals surface area contributed by atoms with Crippen LogP contribution in [-0.4, -0.2) is 11.4 Å². The molecule has 0 aliphatic heterocycles. The number of hydrogen-bond donors (Lipinski definition) is 1. The summed E-state index contributed by atoms with van der Waals surface area (Å²) in [4.78, 5) is 10.5. The van der Waals surface area contributed by atoms with E-state index in [0.29, 0.717) is 12.2 Å². The Morgan fingerprint density at radius 3 is 2.79 bits per heavy atom. The molecule has 2 nitrogen and oxygen atoms in total. The zero-order valence-electron chi connectivity index (χ0n) is 8.66. The monoisotopic (exact) mass is 192 g/mol. The highest BCUT2D eigenvalue weighted by atomic mass is 16.3. The van der Waals surface area contributed by atoms with Gasteiger partial charge in [-0.15, -0.1) is 0 Å². The van der Waals surface area contributed by atoms with E-state index in [0.717, 1.165) is 23.8 Å². The first-order valence-electron chi connectivity index (χ1n) is 4.94. The van der Waals surface area contributed by atoms with Crippen LogP contribution in [0.25, 0.3) is 0 Å². The number of carbonyl (C=O) groups excluding carboxylic acids is 1. The number of benzene rings is 1. The Balaban J connectivity index is 2.95. The molecular formula is C12H16O2. The van der Waals surface area contributed by atoms with Crippen molar-refractivity contribution in [1.29, 1.82) is 0 Å². The van der Waals surface area contributed by atoms with Gasteiger partial charge in [0.1, 0.15) is 12.0 Å². The Labute approximate surface area is 84.6 Å². The van der Waals surface area contributed by atoms with Gasteiger partial charge in [-0.3, -0.25) is 0 Å². The molecule has 1 unspecified atom stereocenters. The number of carbonyl (C=O) groups is 1. The molecule has 2 heteroatoms. The maximum Gasteiger partial charge on any atom is 0.123 e. The van der Waals surface area contributed by atoms with Crippen molar-refractivity contribution in [2.75, 3.05) is 0 Å². The van der Waals surface area contributed by atoms with Crippen LogP contribution in [0.2, 0.25) is 0 Å². The molecule has 0 fully saturated rings. The first-order chi connectivity index (χ1) is 6.69. The molecule has 0 saturated carbocycles. The minimum atomic E-state index is 0.0158. The van der Waals surface area contributed by atoms with E-state index in [9.17, 15) is 9.90 Å². The first-order valence-corrected chi connectivity index (χ1v) is 4.94. The second kappa shape index (κ2) is 4.80. The van der Waals surface area contributed by atoms with Gasteiger partial charge in [-0.05, 0) is 30.0 Å². The van der Waals surface area contributed by atoms with Crippen molar-refractivity contribution in [3.63, 3.8) is 0 Å². The molecule has 0 spiro atoms. The normalized spacial score (nSPS) is 12.4. The van der Waals surface area contributed by atoms with Crippen molar-refractivity contribution in [2.24, 2.45) is 5.92 Å². The Kier molecular flexibility index (Phi) is 3.69. The summed E-state index contributed by atoms with van der Waals surface area (Å²) in [6, 6.07) is 5.48. The summed E-state index contributed by atoms with van der Waals surface area (Å²) in [6.45, 7) is 3.89. The lowest BCUT2D eigenvalue weighted by Gasteiger charge is -2.10. The topological polar surface area (TPSA) is 37.3 Å². The van der Waals surface area contributed by atoms with Gasteiger partial charge < -0.3 is 9.90 Å². The van der Waals surface area contributed by atoms with Crippen LogP contribution in [0.4, 0.5) is 0 Å². The molecule has 76 valence electrons. The number of aldehydes is 1. The number of phenols is 1. The molecule has 1 N–H and O–H groups in total. The molecule has 1 aromatic carbocycles. The van der Waals surface area contributed by atoms with E-state index >= 15 is 0 Å². The van der Waals surface area contributed by atoms with Crippen LogP contribution >= 0.6 is 0 Å². The van der Waals surface area contributed by atoms with Gasteiger partial charge in [-0.1, -0.05) is 26.0 Å². The fourth-order valence-electron chi connectivity index (χ4n) is 1.62. The van der Waals surface area contributed by atoms with E-state index in [-0.39, 0.29) is 5.92 Å². The van der Waals surface area contributed by atoms with Gasteiger partial charge in [0.15, 0.2) is 0 Å². The van der Waals surface area contributed by atoms with Crippen LogP contribution in [0.1, 0.15) is 25.0 Å². The summed E-state index contributed by atoms with van der Waals surface area (Å²) < 4.78 is 0. The van der Waals surface area contributed by atoms with Crippen LogP contribution in [0.5, 0.6) is 5.75 Å². The maximum atomic E-state index is 10.5. The van der Waals surface area contributed by atoms with Gasteiger partial charge in [0.05, 0.1) is 0 Å². The van der Waals surface area contributed by atoms with E-state index in [2.05, 4.69) is 0 Å². The van der Waals surface area contributed by atoms with Crippen molar-refractivity contribution in [1.82, 2.24) is 0 Å². The molecule has 0 radical (unpaired) electrons. The molecule has 0 heterocycles. The molecule has 0 saturated heterocycles. The molecule has 0 aliphatic carbocycles. The number of aromatic hydroxyl groups is 1. The number of phenolic OH excluding ortho intramolecular Hbond substituents is 1. The third-order valence-electron chi connectivity index (χ3n) is 2.38. The third-order valence-corrected chi connectivity index (χ3v) is 2.38. The molecule has 0 amide bonds. The molecule has 1 rings (SSSR count). The average Bonchev–Trinajstić information content (AvgIpc) is 2.18. The minimum absolute atomic E-state index is 0.0158. The van der Waals surface area contributed by atoms with Crippen LogP contribution in [0.3, 0.4) is 0 Å². The number of rotatable bonds is 4. The standard InChI is InChI=1S/C12H16O2/c1-3-11-10(7-9(2)8-13)5-4-6-12(11)14/h4-6,8-9,14H,3,7H2,1-2H3. The highest BCUT2D eigenvalue weighted by Gasteiger charge is 2.08. The lowest BCUT2D eigenvalue weighted by atomic mass is 9.96. The van der Waals surface area contributed by atoms with E-state index in [4.69, 9.17) is 0 Å². The smallest absolute Gasteiger partial charge is 0.123 e. The SMILES string of the molecule is CCc1c(O)cccc1CC(C)C=O. The third kappa shape index (κ3) is 2.34. The average molecular weight is 192 g/mol. The molecule has 1 atom stereocenters. The van der Waals surface area contributed by atoms with E-state index in [1.165, 1.54) is 0 Å². The molecule has 0 bridgehead atoms. The molecule has 0 aliphatic rings. The van der Waals surface area contributed by atoms with E-state index in [1.807, 2.05) is 26.0 Å². The van der Waals surface area contributed by atoms with Crippen LogP contribution in [0, 0.1) is 5.92 Å². The highest BCUT2D eigenvalue weighted by Crippen LogP contribution is 2.23. The van der Waals surface area contributed by atoms with E-state index < -0.39 is 0 Å². The molecule has 0 aromatic heterocycles. The van der Waals surface area contributed by atoms with Crippen molar-refractivity contribution in [3.05, 3.63) is 29.3 Å². The van der Waals surface area contributed by atoms with Gasteiger partial charge in [0.25, 0.3) is 0 Å². The van der Waals surface area contributed by atoms with Crippen LogP contribution < -0.4 is 0 Å². The van der Waals surface area contributed by atoms with Crippen molar-refractivity contribution >= 4 is 6.29 Å². The van der Waals surface area contributed by atoms with Crippen LogP contribution in [0.15, 0.2) is 18.2 Å². The molecule has 1 aromatic rings. The van der Waals surface area contributed by atoms with Crippen molar-refractivity contribution < 1.29 is 9.90 Å². The maximum absolute atomic E-state index is 10.5. The Bertz CT molecular complexity index is 318. The van der Waals surface area contributed by atoms with Crippen LogP contribution in [-0.2, 0) is 17.6 Å². The van der Waals surface area contributed by atoms with Gasteiger partial charge in [0.2, 0.25) is 0 Å². The fourth-order valence-corrected chi connectivity index (χ4v) is 1.62. The summed E-state index contributed by atoms with van der Waals surface area (Å²) in [5.41, 5.74) is 2.04. The van der Waals surface area contributed by atoms with E-state index in [1.54, 1.807) is 6.07 Å². The summed E-state index contributed by atoms with van der Waals surface area (Å²) >= 11 is 0. The second-order valence-electron chi connectivity index (χ2n) is 3.59. The largest absolute Gasteiger partial charge is 0.508 e. The highest BCUT2D eigenvalue weighted by molar-refractivity contribution is 5.54. The quantitative estimate of drug-likeness (QED) is 0.743. The summed E-state index contributed by atoms with van der Waals surface area (Å²) in [5.74, 6) is 0.352. The lowest BCUT2D eigenvalue weighted by molar-refractivity contribution is -0.110. The Morgan fingerprint density at radius 1 is 1.50 bits per heavy atom.